The van der Waals surface area contributed by atoms with Crippen LogP contribution >= 0.6 is 0 Å². The van der Waals surface area contributed by atoms with Crippen molar-refractivity contribution in [3.05, 3.63) is 70.1 Å². The molecule has 7 heteroatoms. The number of benzene rings is 2. The summed E-state index contributed by atoms with van der Waals surface area (Å²) in [5, 5.41) is 23.2. The van der Waals surface area contributed by atoms with Crippen molar-refractivity contribution in [1.82, 2.24) is 5.43 Å². The van der Waals surface area contributed by atoms with Crippen molar-refractivity contribution in [2.45, 2.75) is 0 Å². The third kappa shape index (κ3) is 3.09. The van der Waals surface area contributed by atoms with E-state index in [0.717, 1.165) is 6.21 Å². The van der Waals surface area contributed by atoms with Gasteiger partial charge < -0.3 is 14.6 Å². The predicted octanol–water partition coefficient (Wildman–Crippen LogP) is 1.97. The zero-order chi connectivity index (χ0) is 17.1. The Morgan fingerprint density at radius 2 is 1.92 bits per heavy atom. The van der Waals surface area contributed by atoms with Crippen LogP contribution in [0, 0.1) is 0 Å². The maximum Gasteiger partial charge on any atom is 0.349 e. The molecule has 0 unspecified atom stereocenters. The van der Waals surface area contributed by atoms with Crippen LogP contribution < -0.4 is 11.1 Å². The summed E-state index contributed by atoms with van der Waals surface area (Å²) in [6.45, 7) is 0. The summed E-state index contributed by atoms with van der Waals surface area (Å²) >= 11 is 0. The molecule has 0 radical (unpaired) electrons. The molecule has 0 bridgehead atoms. The van der Waals surface area contributed by atoms with Gasteiger partial charge in [0.2, 0.25) is 0 Å². The van der Waals surface area contributed by atoms with Crippen molar-refractivity contribution < 1.29 is 19.4 Å². The fraction of sp³-hybridized carbons (Fsp3) is 0. The minimum atomic E-state index is -0.776. The zero-order valence-corrected chi connectivity index (χ0v) is 12.3. The van der Waals surface area contributed by atoms with Gasteiger partial charge >= 0.3 is 5.63 Å². The number of nitrogens with zero attached hydrogens (tertiary/aromatic N) is 1. The molecule has 1 heterocycles. The Labute approximate surface area is 135 Å². The topological polar surface area (TPSA) is 112 Å². The van der Waals surface area contributed by atoms with Gasteiger partial charge in [-0.1, -0.05) is 18.2 Å². The summed E-state index contributed by atoms with van der Waals surface area (Å²) in [7, 11) is 0. The van der Waals surface area contributed by atoms with Crippen LogP contribution in [0.2, 0.25) is 0 Å². The van der Waals surface area contributed by atoms with Gasteiger partial charge in [-0.25, -0.2) is 10.2 Å². The molecule has 3 aromatic rings. The molecule has 0 atom stereocenters. The van der Waals surface area contributed by atoms with Crippen LogP contribution in [0.5, 0.6) is 11.5 Å². The summed E-state index contributed by atoms with van der Waals surface area (Å²) in [6.07, 6.45) is 1.15. The first kappa shape index (κ1) is 15.3. The Balaban J connectivity index is 1.82. The molecular weight excluding hydrogens is 312 g/mol. The Bertz CT molecular complexity index is 1010. The van der Waals surface area contributed by atoms with Crippen LogP contribution in [-0.2, 0) is 0 Å². The Morgan fingerprint density at radius 1 is 1.12 bits per heavy atom. The van der Waals surface area contributed by atoms with Crippen molar-refractivity contribution >= 4 is 23.1 Å². The van der Waals surface area contributed by atoms with Gasteiger partial charge in [-0.2, -0.15) is 5.10 Å². The summed E-state index contributed by atoms with van der Waals surface area (Å²) in [5.41, 5.74) is 1.80. The second kappa shape index (κ2) is 6.25. The SMILES string of the molecule is O=C(N/N=C/c1cc(O)ccc1O)c1cc2ccccc2oc1=O. The van der Waals surface area contributed by atoms with Crippen LogP contribution in [0.25, 0.3) is 11.0 Å². The molecule has 0 aliphatic heterocycles. The van der Waals surface area contributed by atoms with Crippen molar-refractivity contribution in [3.63, 3.8) is 0 Å². The van der Waals surface area contributed by atoms with E-state index in [2.05, 4.69) is 10.5 Å². The van der Waals surface area contributed by atoms with E-state index in [1.54, 1.807) is 24.3 Å². The standard InChI is InChI=1S/C17H12N2O5/c20-12-5-6-14(21)11(7-12)9-18-19-16(22)13-8-10-3-1-2-4-15(10)24-17(13)23/h1-9,20-21H,(H,19,22)/b18-9+. The van der Waals surface area contributed by atoms with Gasteiger partial charge in [-0.3, -0.25) is 4.79 Å². The van der Waals surface area contributed by atoms with E-state index >= 15 is 0 Å². The summed E-state index contributed by atoms with van der Waals surface area (Å²) in [6, 6.07) is 12.1. The van der Waals surface area contributed by atoms with Gasteiger partial charge in [0, 0.05) is 10.9 Å². The predicted molar refractivity (Wildman–Crippen MR) is 87.3 cm³/mol. The average molecular weight is 324 g/mol. The Morgan fingerprint density at radius 3 is 2.75 bits per heavy atom. The van der Waals surface area contributed by atoms with E-state index < -0.39 is 11.5 Å². The number of amides is 1. The maximum atomic E-state index is 12.1. The number of nitrogens with one attached hydrogen (secondary N) is 1. The van der Waals surface area contributed by atoms with Crippen molar-refractivity contribution in [3.8, 4) is 11.5 Å². The fourth-order valence-corrected chi connectivity index (χ4v) is 2.09. The van der Waals surface area contributed by atoms with Crippen molar-refractivity contribution in [1.29, 1.82) is 0 Å². The summed E-state index contributed by atoms with van der Waals surface area (Å²) in [5.74, 6) is -0.919. The van der Waals surface area contributed by atoms with Gasteiger partial charge in [-0.15, -0.1) is 0 Å². The second-order valence-electron chi connectivity index (χ2n) is 4.93. The van der Waals surface area contributed by atoms with E-state index in [-0.39, 0.29) is 22.6 Å². The van der Waals surface area contributed by atoms with Crippen molar-refractivity contribution in [2.75, 3.05) is 0 Å². The molecule has 0 saturated heterocycles. The first-order valence-electron chi connectivity index (χ1n) is 6.93. The molecule has 1 aromatic heterocycles. The zero-order valence-electron chi connectivity index (χ0n) is 12.3. The number of phenols is 2. The van der Waals surface area contributed by atoms with E-state index in [0.29, 0.717) is 11.0 Å². The highest BCUT2D eigenvalue weighted by Crippen LogP contribution is 2.20. The third-order valence-corrected chi connectivity index (χ3v) is 3.27. The number of rotatable bonds is 3. The highest BCUT2D eigenvalue weighted by Gasteiger charge is 2.12. The molecule has 2 aromatic carbocycles. The molecule has 0 spiro atoms. The van der Waals surface area contributed by atoms with E-state index in [9.17, 15) is 19.8 Å². The third-order valence-electron chi connectivity index (χ3n) is 3.27. The smallest absolute Gasteiger partial charge is 0.349 e. The lowest BCUT2D eigenvalue weighted by molar-refractivity contribution is 0.0951. The molecule has 3 N–H and O–H groups in total. The van der Waals surface area contributed by atoms with Gasteiger partial charge in [0.25, 0.3) is 5.91 Å². The van der Waals surface area contributed by atoms with Gasteiger partial charge in [0.05, 0.1) is 6.21 Å². The highest BCUT2D eigenvalue weighted by molar-refractivity contribution is 5.97. The van der Waals surface area contributed by atoms with E-state index in [1.807, 2.05) is 0 Å². The maximum absolute atomic E-state index is 12.1. The first-order valence-corrected chi connectivity index (χ1v) is 6.93. The lowest BCUT2D eigenvalue weighted by Crippen LogP contribution is -2.24. The van der Waals surface area contributed by atoms with Gasteiger partial charge in [0.15, 0.2) is 0 Å². The lowest BCUT2D eigenvalue weighted by Gasteiger charge is -2.02. The molecule has 3 rings (SSSR count). The average Bonchev–Trinajstić information content (AvgIpc) is 2.57. The number of para-hydroxylation sites is 1. The number of carbonyl (C=O) groups is 1. The Hall–Kier alpha value is -3.61. The number of carbonyl (C=O) groups excluding carboxylic acids is 1. The van der Waals surface area contributed by atoms with Crippen LogP contribution in [0.15, 0.2) is 62.8 Å². The van der Waals surface area contributed by atoms with Crippen LogP contribution in [0.4, 0.5) is 0 Å². The molecular formula is C17H12N2O5. The van der Waals surface area contributed by atoms with Crippen LogP contribution in [-0.4, -0.2) is 22.3 Å². The van der Waals surface area contributed by atoms with Crippen molar-refractivity contribution in [2.24, 2.45) is 5.10 Å². The molecule has 0 aliphatic rings. The highest BCUT2D eigenvalue weighted by atomic mass is 16.4. The molecule has 0 aliphatic carbocycles. The quantitative estimate of drug-likeness (QED) is 0.295. The molecule has 0 saturated carbocycles. The molecule has 7 nitrogen and oxygen atoms in total. The number of hydrogen-bond donors (Lipinski definition) is 3. The van der Waals surface area contributed by atoms with Crippen LogP contribution in [0.3, 0.4) is 0 Å². The number of hydrazone groups is 1. The van der Waals surface area contributed by atoms with Crippen LogP contribution in [0.1, 0.15) is 15.9 Å². The molecule has 0 fully saturated rings. The summed E-state index contributed by atoms with van der Waals surface area (Å²) < 4.78 is 5.07. The largest absolute Gasteiger partial charge is 0.508 e. The number of hydrogen-bond acceptors (Lipinski definition) is 6. The second-order valence-corrected chi connectivity index (χ2v) is 4.93. The fourth-order valence-electron chi connectivity index (χ4n) is 2.09. The van der Waals surface area contributed by atoms with E-state index in [1.165, 1.54) is 24.3 Å². The Kier molecular flexibility index (Phi) is 3.98. The lowest BCUT2D eigenvalue weighted by atomic mass is 10.2. The van der Waals surface area contributed by atoms with Gasteiger partial charge in [-0.05, 0) is 30.3 Å². The monoisotopic (exact) mass is 324 g/mol. The minimum absolute atomic E-state index is 0.0595. The first-order chi connectivity index (χ1) is 11.5. The normalized spacial score (nSPS) is 11.0. The minimum Gasteiger partial charge on any atom is -0.508 e. The van der Waals surface area contributed by atoms with Gasteiger partial charge in [0.1, 0.15) is 22.6 Å². The molecule has 24 heavy (non-hydrogen) atoms. The molecule has 120 valence electrons. The number of phenolic OH excluding ortho intramolecular Hbond substituents is 2. The summed E-state index contributed by atoms with van der Waals surface area (Å²) in [4.78, 5) is 23.9. The number of aromatic hydroxyl groups is 2. The number of fused-ring (bicyclic) bond motifs is 1. The van der Waals surface area contributed by atoms with E-state index in [4.69, 9.17) is 4.42 Å². The molecule has 1 amide bonds.